The SMILES string of the molecule is C#CC(=CC=C(C)F)CC(O)c1scnc1C. The molecule has 0 fully saturated rings. The minimum absolute atomic E-state index is 0.295. The zero-order valence-electron chi connectivity index (χ0n) is 9.77. The molecule has 0 aliphatic heterocycles. The van der Waals surface area contributed by atoms with Crippen LogP contribution in [0.2, 0.25) is 0 Å². The lowest BCUT2D eigenvalue weighted by atomic mass is 10.1. The number of rotatable bonds is 4. The quantitative estimate of drug-likeness (QED) is 0.658. The number of aryl methyl sites for hydroxylation is 1. The first-order valence-corrected chi connectivity index (χ1v) is 6.00. The van der Waals surface area contributed by atoms with E-state index in [9.17, 15) is 9.50 Å². The van der Waals surface area contributed by atoms with Crippen LogP contribution in [0.25, 0.3) is 0 Å². The lowest BCUT2D eigenvalue weighted by Gasteiger charge is -2.08. The van der Waals surface area contributed by atoms with Gasteiger partial charge in [0.2, 0.25) is 0 Å². The van der Waals surface area contributed by atoms with Crippen LogP contribution >= 0.6 is 11.3 Å². The summed E-state index contributed by atoms with van der Waals surface area (Å²) in [5.74, 6) is 2.13. The van der Waals surface area contributed by atoms with Crippen molar-refractivity contribution < 1.29 is 9.50 Å². The molecule has 0 aliphatic carbocycles. The van der Waals surface area contributed by atoms with Gasteiger partial charge in [0.15, 0.2) is 0 Å². The zero-order valence-corrected chi connectivity index (χ0v) is 10.6. The number of aliphatic hydroxyl groups is 1. The summed E-state index contributed by atoms with van der Waals surface area (Å²) in [4.78, 5) is 4.86. The van der Waals surface area contributed by atoms with Crippen molar-refractivity contribution in [2.45, 2.75) is 26.4 Å². The Balaban J connectivity index is 2.77. The third-order valence-corrected chi connectivity index (χ3v) is 3.23. The van der Waals surface area contributed by atoms with Crippen LogP contribution < -0.4 is 0 Å². The normalized spacial score (nSPS) is 14.5. The van der Waals surface area contributed by atoms with E-state index >= 15 is 0 Å². The fourth-order valence-electron chi connectivity index (χ4n) is 1.32. The summed E-state index contributed by atoms with van der Waals surface area (Å²) in [6, 6.07) is 0. The average Bonchev–Trinajstić information content (AvgIpc) is 2.70. The predicted octanol–water partition coefficient (Wildman–Crippen LogP) is 3.31. The number of halogens is 1. The van der Waals surface area contributed by atoms with Crippen molar-refractivity contribution in [3.8, 4) is 12.3 Å². The van der Waals surface area contributed by atoms with Crippen molar-refractivity contribution in [3.05, 3.63) is 39.6 Å². The molecule has 0 bridgehead atoms. The van der Waals surface area contributed by atoms with Gasteiger partial charge in [-0.25, -0.2) is 9.37 Å². The van der Waals surface area contributed by atoms with E-state index < -0.39 is 6.10 Å². The minimum Gasteiger partial charge on any atom is -0.387 e. The van der Waals surface area contributed by atoms with Gasteiger partial charge in [0.05, 0.1) is 28.0 Å². The van der Waals surface area contributed by atoms with Crippen LogP contribution in [0, 0.1) is 19.3 Å². The summed E-state index contributed by atoms with van der Waals surface area (Å²) in [6.07, 6.45) is 7.72. The van der Waals surface area contributed by atoms with E-state index in [0.29, 0.717) is 12.0 Å². The molecule has 0 saturated carbocycles. The first kappa shape index (κ1) is 13.6. The molecule has 1 rings (SSSR count). The van der Waals surface area contributed by atoms with E-state index in [1.54, 1.807) is 5.51 Å². The Morgan fingerprint density at radius 2 is 2.41 bits per heavy atom. The van der Waals surface area contributed by atoms with E-state index in [1.807, 2.05) is 6.92 Å². The molecule has 2 nitrogen and oxygen atoms in total. The van der Waals surface area contributed by atoms with E-state index in [2.05, 4.69) is 10.9 Å². The monoisotopic (exact) mass is 251 g/mol. The van der Waals surface area contributed by atoms with Crippen LogP contribution in [0.4, 0.5) is 4.39 Å². The molecule has 1 atom stereocenters. The molecule has 0 spiro atoms. The molecule has 0 aliphatic rings. The summed E-state index contributed by atoms with van der Waals surface area (Å²) in [7, 11) is 0. The molecule has 1 N–H and O–H groups in total. The molecule has 0 aromatic carbocycles. The number of hydrogen-bond acceptors (Lipinski definition) is 3. The van der Waals surface area contributed by atoms with Gasteiger partial charge in [0, 0.05) is 12.0 Å². The Kier molecular flexibility index (Phi) is 5.08. The molecule has 1 aromatic heterocycles. The second-order valence-corrected chi connectivity index (χ2v) is 4.50. The van der Waals surface area contributed by atoms with E-state index in [-0.39, 0.29) is 5.83 Å². The van der Waals surface area contributed by atoms with Crippen molar-refractivity contribution in [1.29, 1.82) is 0 Å². The molecule has 1 unspecified atom stereocenters. The zero-order chi connectivity index (χ0) is 12.8. The third kappa shape index (κ3) is 4.14. The van der Waals surface area contributed by atoms with Gasteiger partial charge >= 0.3 is 0 Å². The van der Waals surface area contributed by atoms with Crippen molar-refractivity contribution in [1.82, 2.24) is 4.98 Å². The Morgan fingerprint density at radius 3 is 2.88 bits per heavy atom. The maximum atomic E-state index is 12.6. The second-order valence-electron chi connectivity index (χ2n) is 3.61. The first-order valence-electron chi connectivity index (χ1n) is 5.12. The largest absolute Gasteiger partial charge is 0.387 e. The van der Waals surface area contributed by atoms with E-state index in [1.165, 1.54) is 30.4 Å². The second kappa shape index (κ2) is 6.33. The number of aromatic nitrogens is 1. The van der Waals surface area contributed by atoms with Crippen molar-refractivity contribution in [2.75, 3.05) is 0 Å². The first-order chi connectivity index (χ1) is 8.04. The summed E-state index contributed by atoms with van der Waals surface area (Å²) in [6.45, 7) is 3.17. The molecule has 1 heterocycles. The van der Waals surface area contributed by atoms with Gasteiger partial charge in [-0.2, -0.15) is 0 Å². The minimum atomic E-state index is -0.682. The molecule has 0 amide bonds. The van der Waals surface area contributed by atoms with Crippen molar-refractivity contribution >= 4 is 11.3 Å². The number of terminal acetylenes is 1. The van der Waals surface area contributed by atoms with Gasteiger partial charge in [0.1, 0.15) is 0 Å². The Hall–Kier alpha value is -1.44. The highest BCUT2D eigenvalue weighted by atomic mass is 32.1. The Morgan fingerprint density at radius 1 is 1.71 bits per heavy atom. The van der Waals surface area contributed by atoms with E-state index in [4.69, 9.17) is 6.42 Å². The highest BCUT2D eigenvalue weighted by Crippen LogP contribution is 2.26. The molecular weight excluding hydrogens is 237 g/mol. The van der Waals surface area contributed by atoms with Gasteiger partial charge in [0.25, 0.3) is 0 Å². The molecule has 4 heteroatoms. The maximum Gasteiger partial charge on any atom is 0.0969 e. The third-order valence-electron chi connectivity index (χ3n) is 2.20. The average molecular weight is 251 g/mol. The van der Waals surface area contributed by atoms with Crippen LogP contribution in [-0.2, 0) is 0 Å². The summed E-state index contributed by atoms with van der Waals surface area (Å²) in [5, 5.41) is 9.98. The molecular formula is C13H14FNOS. The van der Waals surface area contributed by atoms with Crippen molar-refractivity contribution in [3.63, 3.8) is 0 Å². The van der Waals surface area contributed by atoms with Gasteiger partial charge in [-0.1, -0.05) is 5.92 Å². The molecule has 0 radical (unpaired) electrons. The fourth-order valence-corrected chi connectivity index (χ4v) is 2.11. The van der Waals surface area contributed by atoms with E-state index in [0.717, 1.165) is 10.6 Å². The highest BCUT2D eigenvalue weighted by molar-refractivity contribution is 7.09. The molecule has 1 aromatic rings. The van der Waals surface area contributed by atoms with Crippen molar-refractivity contribution in [2.24, 2.45) is 0 Å². The van der Waals surface area contributed by atoms with Crippen LogP contribution in [0.15, 0.2) is 29.1 Å². The van der Waals surface area contributed by atoms with Crippen LogP contribution in [-0.4, -0.2) is 10.1 Å². The number of nitrogens with zero attached hydrogens (tertiary/aromatic N) is 1. The number of thiazole rings is 1. The van der Waals surface area contributed by atoms with Gasteiger partial charge in [-0.15, -0.1) is 17.8 Å². The molecule has 90 valence electrons. The number of hydrogen-bond donors (Lipinski definition) is 1. The molecule has 17 heavy (non-hydrogen) atoms. The predicted molar refractivity (Wildman–Crippen MR) is 68.2 cm³/mol. The van der Waals surface area contributed by atoms with Crippen LogP contribution in [0.1, 0.15) is 30.0 Å². The number of aliphatic hydroxyl groups excluding tert-OH is 1. The Bertz CT molecular complexity index is 478. The van der Waals surface area contributed by atoms with Gasteiger partial charge in [-0.05, 0) is 26.0 Å². The standard InChI is InChI=1S/C13H14FNOS/c1-4-11(6-5-9(2)14)7-12(16)13-10(3)15-8-17-13/h1,5-6,8,12,16H,7H2,2-3H3. The summed E-state index contributed by atoms with van der Waals surface area (Å²) < 4.78 is 12.6. The lowest BCUT2D eigenvalue weighted by Crippen LogP contribution is -1.98. The topological polar surface area (TPSA) is 33.1 Å². The lowest BCUT2D eigenvalue weighted by molar-refractivity contribution is 0.182. The number of allylic oxidation sites excluding steroid dienone is 3. The van der Waals surface area contributed by atoms with Crippen LogP contribution in [0.3, 0.4) is 0 Å². The fraction of sp³-hybridized carbons (Fsp3) is 0.308. The summed E-state index contributed by atoms with van der Waals surface area (Å²) >= 11 is 1.39. The van der Waals surface area contributed by atoms with Crippen LogP contribution in [0.5, 0.6) is 0 Å². The molecule has 0 saturated heterocycles. The smallest absolute Gasteiger partial charge is 0.0969 e. The van der Waals surface area contributed by atoms with Gasteiger partial charge in [-0.3, -0.25) is 0 Å². The summed E-state index contributed by atoms with van der Waals surface area (Å²) in [5.41, 5.74) is 3.04. The van der Waals surface area contributed by atoms with Gasteiger partial charge < -0.3 is 5.11 Å². The highest BCUT2D eigenvalue weighted by Gasteiger charge is 2.13. The maximum absolute atomic E-state index is 12.6. The Labute approximate surface area is 105 Å².